The molecule has 2 aromatic heterocycles. The van der Waals surface area contributed by atoms with E-state index in [0.717, 1.165) is 16.6 Å². The number of fused-ring (bicyclic) bond motifs is 1. The summed E-state index contributed by atoms with van der Waals surface area (Å²) in [5, 5.41) is 11.8. The van der Waals surface area contributed by atoms with Crippen LogP contribution in [0.15, 0.2) is 47.0 Å². The number of hydrogen-bond donors (Lipinski definition) is 1. The van der Waals surface area contributed by atoms with Crippen LogP contribution in [-0.2, 0) is 0 Å². The molecule has 0 amide bonds. The number of nitrogens with zero attached hydrogens (tertiary/aromatic N) is 1. The van der Waals surface area contributed by atoms with Crippen molar-refractivity contribution in [2.45, 2.75) is 13.0 Å². The van der Waals surface area contributed by atoms with Gasteiger partial charge in [0, 0.05) is 17.3 Å². The van der Waals surface area contributed by atoms with Gasteiger partial charge < -0.3 is 9.52 Å². The molecule has 0 aliphatic carbocycles. The fraction of sp³-hybridized carbons (Fsp3) is 0.133. The summed E-state index contributed by atoms with van der Waals surface area (Å²) in [6.45, 7) is 1.88. The van der Waals surface area contributed by atoms with E-state index in [1.807, 2.05) is 31.2 Å². The number of aryl methyl sites for hydroxylation is 1. The van der Waals surface area contributed by atoms with Gasteiger partial charge in [0.25, 0.3) is 0 Å². The molecule has 0 saturated heterocycles. The smallest absolute Gasteiger partial charge is 0.153 e. The zero-order valence-electron chi connectivity index (χ0n) is 10.3. The molecule has 0 aliphatic rings. The lowest BCUT2D eigenvalue weighted by Crippen LogP contribution is -1.98. The maximum atomic E-state index is 10.3. The van der Waals surface area contributed by atoms with Crippen molar-refractivity contribution in [1.82, 2.24) is 4.98 Å². The van der Waals surface area contributed by atoms with Crippen LogP contribution >= 0.6 is 11.6 Å². The number of pyridine rings is 1. The number of rotatable bonds is 2. The second-order valence-electron chi connectivity index (χ2n) is 4.44. The van der Waals surface area contributed by atoms with Crippen molar-refractivity contribution < 1.29 is 9.52 Å². The SMILES string of the molecule is Cc1cc(C(O)c2cc3cccc(Cl)c3o2)ccn1. The summed E-state index contributed by atoms with van der Waals surface area (Å²) in [4.78, 5) is 4.11. The van der Waals surface area contributed by atoms with Crippen LogP contribution in [0.3, 0.4) is 0 Å². The minimum absolute atomic E-state index is 0.480. The molecule has 0 radical (unpaired) electrons. The first-order valence-electron chi connectivity index (χ1n) is 5.94. The van der Waals surface area contributed by atoms with Gasteiger partial charge >= 0.3 is 0 Å². The highest BCUT2D eigenvalue weighted by atomic mass is 35.5. The van der Waals surface area contributed by atoms with E-state index in [1.54, 1.807) is 18.3 Å². The lowest BCUT2D eigenvalue weighted by Gasteiger charge is -2.08. The van der Waals surface area contributed by atoms with Gasteiger partial charge in [-0.25, -0.2) is 0 Å². The molecule has 0 fully saturated rings. The second-order valence-corrected chi connectivity index (χ2v) is 4.85. The van der Waals surface area contributed by atoms with Crippen molar-refractivity contribution in [2.75, 3.05) is 0 Å². The van der Waals surface area contributed by atoms with Gasteiger partial charge in [-0.3, -0.25) is 4.98 Å². The van der Waals surface area contributed by atoms with Crippen LogP contribution < -0.4 is 0 Å². The van der Waals surface area contributed by atoms with Crippen molar-refractivity contribution in [3.8, 4) is 0 Å². The summed E-state index contributed by atoms with van der Waals surface area (Å²) >= 11 is 6.06. The van der Waals surface area contributed by atoms with Crippen LogP contribution in [-0.4, -0.2) is 10.1 Å². The predicted octanol–water partition coefficient (Wildman–Crippen LogP) is 3.87. The van der Waals surface area contributed by atoms with E-state index < -0.39 is 6.10 Å². The third-order valence-electron chi connectivity index (χ3n) is 3.02. The standard InChI is InChI=1S/C15H12ClNO2/c1-9-7-10(5-6-17-9)14(18)13-8-11-3-2-4-12(16)15(11)19-13/h2-8,14,18H,1H3. The van der Waals surface area contributed by atoms with Crippen LogP contribution in [0.25, 0.3) is 11.0 Å². The van der Waals surface area contributed by atoms with Gasteiger partial charge in [-0.05, 0) is 36.8 Å². The fourth-order valence-corrected chi connectivity index (χ4v) is 2.30. The van der Waals surface area contributed by atoms with E-state index in [2.05, 4.69) is 4.98 Å². The van der Waals surface area contributed by atoms with Crippen LogP contribution in [0.5, 0.6) is 0 Å². The van der Waals surface area contributed by atoms with E-state index >= 15 is 0 Å². The molecule has 1 aromatic carbocycles. The zero-order chi connectivity index (χ0) is 13.4. The first-order valence-corrected chi connectivity index (χ1v) is 6.31. The molecular formula is C15H12ClNO2. The number of hydrogen-bond acceptors (Lipinski definition) is 3. The van der Waals surface area contributed by atoms with E-state index in [0.29, 0.717) is 16.4 Å². The lowest BCUT2D eigenvalue weighted by atomic mass is 10.1. The Hall–Kier alpha value is -1.84. The number of benzene rings is 1. The molecule has 0 aliphatic heterocycles. The van der Waals surface area contributed by atoms with E-state index in [1.165, 1.54) is 0 Å². The van der Waals surface area contributed by atoms with E-state index in [9.17, 15) is 5.11 Å². The average Bonchev–Trinajstić information content (AvgIpc) is 2.83. The normalized spacial score (nSPS) is 12.8. The highest BCUT2D eigenvalue weighted by Gasteiger charge is 2.16. The van der Waals surface area contributed by atoms with E-state index in [-0.39, 0.29) is 0 Å². The number of aliphatic hydroxyl groups excluding tert-OH is 1. The third kappa shape index (κ3) is 2.23. The number of furan rings is 1. The van der Waals surface area contributed by atoms with Crippen molar-refractivity contribution in [1.29, 1.82) is 0 Å². The molecule has 3 aromatic rings. The molecular weight excluding hydrogens is 262 g/mol. The third-order valence-corrected chi connectivity index (χ3v) is 3.32. The predicted molar refractivity (Wildman–Crippen MR) is 74.3 cm³/mol. The quantitative estimate of drug-likeness (QED) is 0.771. The maximum Gasteiger partial charge on any atom is 0.153 e. The molecule has 1 atom stereocenters. The van der Waals surface area contributed by atoms with E-state index in [4.69, 9.17) is 16.0 Å². The van der Waals surface area contributed by atoms with Crippen molar-refractivity contribution in [3.05, 3.63) is 64.6 Å². The number of aromatic nitrogens is 1. The number of halogens is 1. The molecule has 19 heavy (non-hydrogen) atoms. The van der Waals surface area contributed by atoms with Gasteiger partial charge in [0.1, 0.15) is 11.9 Å². The molecule has 4 heteroatoms. The Kier molecular flexibility index (Phi) is 3.01. The molecule has 3 rings (SSSR count). The zero-order valence-corrected chi connectivity index (χ0v) is 11.1. The van der Waals surface area contributed by atoms with Gasteiger partial charge in [-0.15, -0.1) is 0 Å². The summed E-state index contributed by atoms with van der Waals surface area (Å²) in [7, 11) is 0. The lowest BCUT2D eigenvalue weighted by molar-refractivity contribution is 0.192. The van der Waals surface area contributed by atoms with Crippen molar-refractivity contribution >= 4 is 22.6 Å². The Bertz CT molecular complexity index is 736. The van der Waals surface area contributed by atoms with Crippen molar-refractivity contribution in [3.63, 3.8) is 0 Å². The van der Waals surface area contributed by atoms with Crippen LogP contribution in [0.4, 0.5) is 0 Å². The highest BCUT2D eigenvalue weighted by molar-refractivity contribution is 6.34. The average molecular weight is 274 g/mol. The maximum absolute atomic E-state index is 10.3. The Morgan fingerprint density at radius 3 is 2.84 bits per heavy atom. The molecule has 0 spiro atoms. The Balaban J connectivity index is 2.06. The molecule has 1 unspecified atom stereocenters. The van der Waals surface area contributed by atoms with Gasteiger partial charge in [-0.1, -0.05) is 23.7 Å². The first kappa shape index (κ1) is 12.2. The van der Waals surface area contributed by atoms with Crippen LogP contribution in [0, 0.1) is 6.92 Å². The second kappa shape index (κ2) is 4.68. The van der Waals surface area contributed by atoms with Gasteiger partial charge in [0.2, 0.25) is 0 Å². The van der Waals surface area contributed by atoms with Gasteiger partial charge in [0.15, 0.2) is 5.58 Å². The minimum Gasteiger partial charge on any atom is -0.456 e. The summed E-state index contributed by atoms with van der Waals surface area (Å²) in [6, 6.07) is 10.9. The number of para-hydroxylation sites is 1. The monoisotopic (exact) mass is 273 g/mol. The Morgan fingerprint density at radius 2 is 2.11 bits per heavy atom. The molecule has 0 saturated carbocycles. The first-order chi connectivity index (χ1) is 9.15. The van der Waals surface area contributed by atoms with Gasteiger partial charge in [0.05, 0.1) is 5.02 Å². The molecule has 0 bridgehead atoms. The van der Waals surface area contributed by atoms with Crippen LogP contribution in [0.1, 0.15) is 23.1 Å². The van der Waals surface area contributed by atoms with Crippen LogP contribution in [0.2, 0.25) is 5.02 Å². The molecule has 1 N–H and O–H groups in total. The molecule has 3 nitrogen and oxygen atoms in total. The topological polar surface area (TPSA) is 46.3 Å². The number of aliphatic hydroxyl groups is 1. The summed E-state index contributed by atoms with van der Waals surface area (Å²) in [5.74, 6) is 0.480. The Labute approximate surface area is 115 Å². The van der Waals surface area contributed by atoms with Gasteiger partial charge in [-0.2, -0.15) is 0 Å². The highest BCUT2D eigenvalue weighted by Crippen LogP contribution is 2.31. The summed E-state index contributed by atoms with van der Waals surface area (Å²) in [5.41, 5.74) is 2.21. The largest absolute Gasteiger partial charge is 0.456 e. The van der Waals surface area contributed by atoms with Crippen molar-refractivity contribution in [2.24, 2.45) is 0 Å². The molecule has 96 valence electrons. The summed E-state index contributed by atoms with van der Waals surface area (Å²) < 4.78 is 5.65. The molecule has 2 heterocycles. The Morgan fingerprint density at radius 1 is 1.26 bits per heavy atom. The minimum atomic E-state index is -0.815. The summed E-state index contributed by atoms with van der Waals surface area (Å²) in [6.07, 6.45) is 0.855. The fourth-order valence-electron chi connectivity index (χ4n) is 2.08.